The molecule has 0 aliphatic rings. The second-order valence-corrected chi connectivity index (χ2v) is 18.5. The van der Waals surface area contributed by atoms with Gasteiger partial charge in [-0.25, -0.2) is 0 Å². The van der Waals surface area contributed by atoms with Crippen LogP contribution in [0.5, 0.6) is 0 Å². The summed E-state index contributed by atoms with van der Waals surface area (Å²) < 4.78 is 16.8. The summed E-state index contributed by atoms with van der Waals surface area (Å²) in [6, 6.07) is 0. The molecule has 0 rings (SSSR count). The fourth-order valence-corrected chi connectivity index (χ4v) is 7.93. The van der Waals surface area contributed by atoms with E-state index in [2.05, 4.69) is 57.2 Å². The van der Waals surface area contributed by atoms with Gasteiger partial charge in [-0.15, -0.1) is 0 Å². The van der Waals surface area contributed by atoms with Crippen molar-refractivity contribution in [2.75, 3.05) is 13.2 Å². The lowest BCUT2D eigenvalue weighted by Crippen LogP contribution is -2.30. The zero-order valence-electron chi connectivity index (χ0n) is 42.1. The van der Waals surface area contributed by atoms with Gasteiger partial charge in [0.05, 0.1) is 0 Å². The molecule has 0 saturated carbocycles. The number of hydrogen-bond acceptors (Lipinski definition) is 6. The number of esters is 3. The number of hydrogen-bond donors (Lipinski definition) is 0. The summed E-state index contributed by atoms with van der Waals surface area (Å²) in [7, 11) is 0. The summed E-state index contributed by atoms with van der Waals surface area (Å²) in [6.07, 6.45) is 61.3. The summed E-state index contributed by atoms with van der Waals surface area (Å²) in [5, 5.41) is 0. The second-order valence-electron chi connectivity index (χ2n) is 18.5. The fourth-order valence-electron chi connectivity index (χ4n) is 7.93. The highest BCUT2D eigenvalue weighted by Crippen LogP contribution is 2.16. The van der Waals surface area contributed by atoms with Crippen LogP contribution < -0.4 is 0 Å². The third-order valence-corrected chi connectivity index (χ3v) is 12.1. The van der Waals surface area contributed by atoms with E-state index in [-0.39, 0.29) is 31.1 Å². The molecular weight excluding hydrogens is 781 g/mol. The van der Waals surface area contributed by atoms with Crippen molar-refractivity contribution < 1.29 is 28.6 Å². The maximum Gasteiger partial charge on any atom is 0.306 e. The summed E-state index contributed by atoms with van der Waals surface area (Å²) >= 11 is 0. The first-order valence-electron chi connectivity index (χ1n) is 27.5. The van der Waals surface area contributed by atoms with Gasteiger partial charge in [0.1, 0.15) is 13.2 Å². The molecule has 368 valence electrons. The van der Waals surface area contributed by atoms with E-state index in [0.717, 1.165) is 89.9 Å². The highest BCUT2D eigenvalue weighted by Gasteiger charge is 2.19. The minimum Gasteiger partial charge on any atom is -0.462 e. The molecule has 0 spiro atoms. The van der Waals surface area contributed by atoms with Crippen LogP contribution in [0.3, 0.4) is 0 Å². The molecule has 0 bridgehead atoms. The normalized spacial score (nSPS) is 12.2. The maximum absolute atomic E-state index is 12.8. The fraction of sp³-hybridized carbons (Fsp3) is 0.842. The summed E-state index contributed by atoms with van der Waals surface area (Å²) in [4.78, 5) is 38.0. The summed E-state index contributed by atoms with van der Waals surface area (Å²) in [5.41, 5.74) is 0. The number of rotatable bonds is 50. The van der Waals surface area contributed by atoms with Crippen LogP contribution in [0.4, 0.5) is 0 Å². The van der Waals surface area contributed by atoms with Crippen molar-refractivity contribution in [1.29, 1.82) is 0 Å². The second kappa shape index (κ2) is 52.3. The Morgan fingerprint density at radius 1 is 0.317 bits per heavy atom. The van der Waals surface area contributed by atoms with E-state index >= 15 is 0 Å². The van der Waals surface area contributed by atoms with Gasteiger partial charge in [0, 0.05) is 19.3 Å². The van der Waals surface area contributed by atoms with E-state index in [0.29, 0.717) is 19.3 Å². The molecule has 0 saturated heterocycles. The first kappa shape index (κ1) is 60.6. The maximum atomic E-state index is 12.8. The summed E-state index contributed by atoms with van der Waals surface area (Å²) in [6.45, 7) is 6.60. The van der Waals surface area contributed by atoms with Crippen LogP contribution in [0, 0.1) is 0 Å². The van der Waals surface area contributed by atoms with Crippen LogP contribution in [-0.4, -0.2) is 37.2 Å². The average molecular weight is 885 g/mol. The highest BCUT2D eigenvalue weighted by atomic mass is 16.6. The molecule has 0 fully saturated rings. The third-order valence-electron chi connectivity index (χ3n) is 12.1. The van der Waals surface area contributed by atoms with Gasteiger partial charge in [-0.2, -0.15) is 0 Å². The molecule has 0 N–H and O–H groups in total. The predicted octanol–water partition coefficient (Wildman–Crippen LogP) is 18.1. The van der Waals surface area contributed by atoms with Crippen molar-refractivity contribution in [2.45, 2.75) is 297 Å². The number of ether oxygens (including phenoxy) is 3. The minimum absolute atomic E-state index is 0.0772. The minimum atomic E-state index is -0.779. The van der Waals surface area contributed by atoms with Crippen LogP contribution in [0.25, 0.3) is 0 Å². The Kier molecular flexibility index (Phi) is 50.3. The van der Waals surface area contributed by atoms with Gasteiger partial charge in [0.2, 0.25) is 0 Å². The molecule has 0 unspecified atom stereocenters. The van der Waals surface area contributed by atoms with Crippen LogP contribution in [0.2, 0.25) is 0 Å². The molecule has 63 heavy (non-hydrogen) atoms. The van der Waals surface area contributed by atoms with E-state index < -0.39 is 6.10 Å². The summed E-state index contributed by atoms with van der Waals surface area (Å²) in [5.74, 6) is -0.887. The largest absolute Gasteiger partial charge is 0.462 e. The first-order chi connectivity index (χ1) is 31.0. The van der Waals surface area contributed by atoms with Crippen molar-refractivity contribution in [3.05, 3.63) is 36.5 Å². The molecule has 6 heteroatoms. The van der Waals surface area contributed by atoms with E-state index in [1.165, 1.54) is 161 Å². The Hall–Kier alpha value is -2.37. The van der Waals surface area contributed by atoms with Crippen LogP contribution in [0.15, 0.2) is 36.5 Å². The smallest absolute Gasteiger partial charge is 0.306 e. The van der Waals surface area contributed by atoms with E-state index in [9.17, 15) is 14.4 Å². The number of unbranched alkanes of at least 4 members (excludes halogenated alkanes) is 33. The molecular formula is C57H104O6. The average Bonchev–Trinajstić information content (AvgIpc) is 3.28. The van der Waals surface area contributed by atoms with E-state index in [1.807, 2.05) is 0 Å². The SMILES string of the molecule is CCCC/C=C\C/C=C\CCCCCCCC(=O)O[C@H](COC(=O)CCCCCCC/C=C\CCCCCC)COC(=O)CCCCCCCCCCCCCCCCCCCC. The molecule has 0 aromatic rings. The zero-order valence-corrected chi connectivity index (χ0v) is 42.1. The van der Waals surface area contributed by atoms with Gasteiger partial charge >= 0.3 is 17.9 Å². The zero-order chi connectivity index (χ0) is 45.8. The van der Waals surface area contributed by atoms with Gasteiger partial charge in [0.25, 0.3) is 0 Å². The molecule has 0 amide bonds. The van der Waals surface area contributed by atoms with E-state index in [1.54, 1.807) is 0 Å². The Morgan fingerprint density at radius 3 is 0.952 bits per heavy atom. The lowest BCUT2D eigenvalue weighted by Gasteiger charge is -2.18. The van der Waals surface area contributed by atoms with Crippen molar-refractivity contribution >= 4 is 17.9 Å². The lowest BCUT2D eigenvalue weighted by atomic mass is 10.0. The highest BCUT2D eigenvalue weighted by molar-refractivity contribution is 5.71. The lowest BCUT2D eigenvalue weighted by molar-refractivity contribution is -0.167. The topological polar surface area (TPSA) is 78.9 Å². The van der Waals surface area contributed by atoms with Gasteiger partial charge < -0.3 is 14.2 Å². The Morgan fingerprint density at radius 2 is 0.587 bits per heavy atom. The molecule has 0 aromatic heterocycles. The quantitative estimate of drug-likeness (QED) is 0.0262. The first-order valence-corrected chi connectivity index (χ1v) is 27.5. The molecule has 6 nitrogen and oxygen atoms in total. The Labute approximate surface area is 391 Å². The predicted molar refractivity (Wildman–Crippen MR) is 270 cm³/mol. The molecule has 0 heterocycles. The van der Waals surface area contributed by atoms with Gasteiger partial charge in [-0.1, -0.05) is 237 Å². The van der Waals surface area contributed by atoms with Crippen molar-refractivity contribution in [2.24, 2.45) is 0 Å². The van der Waals surface area contributed by atoms with Gasteiger partial charge in [-0.05, 0) is 70.6 Å². The molecule has 0 radical (unpaired) electrons. The molecule has 0 aliphatic carbocycles. The number of carbonyl (C=O) groups is 3. The Balaban J connectivity index is 4.34. The van der Waals surface area contributed by atoms with Gasteiger partial charge in [0.15, 0.2) is 6.10 Å². The standard InChI is InChI=1S/C57H104O6/c1-4-7-10-13-16-19-22-25-27-28-29-30-33-35-38-41-44-47-50-56(59)62-53-54(52-61-55(58)49-46-43-40-37-34-31-24-21-18-15-12-9-6-3)63-57(60)51-48-45-42-39-36-32-26-23-20-17-14-11-8-5-2/h14,17,21,23-24,26,54H,4-13,15-16,18-20,22,25,27-53H2,1-3H3/b17-14-,24-21-,26-23-/t54-/m1/s1. The van der Waals surface area contributed by atoms with Gasteiger partial charge in [-0.3, -0.25) is 14.4 Å². The number of carbonyl (C=O) groups excluding carboxylic acids is 3. The van der Waals surface area contributed by atoms with Crippen LogP contribution in [0.1, 0.15) is 290 Å². The number of allylic oxidation sites excluding steroid dienone is 6. The van der Waals surface area contributed by atoms with Crippen molar-refractivity contribution in [1.82, 2.24) is 0 Å². The molecule has 0 aromatic carbocycles. The van der Waals surface area contributed by atoms with Crippen molar-refractivity contribution in [3.63, 3.8) is 0 Å². The molecule has 1 atom stereocenters. The monoisotopic (exact) mass is 885 g/mol. The van der Waals surface area contributed by atoms with Crippen LogP contribution >= 0.6 is 0 Å². The Bertz CT molecular complexity index is 1060. The molecule has 0 aliphatic heterocycles. The van der Waals surface area contributed by atoms with Crippen LogP contribution in [-0.2, 0) is 28.6 Å². The van der Waals surface area contributed by atoms with Crippen molar-refractivity contribution in [3.8, 4) is 0 Å². The van der Waals surface area contributed by atoms with E-state index in [4.69, 9.17) is 14.2 Å². The third kappa shape index (κ3) is 50.5.